The molecule has 1 atom stereocenters. The lowest BCUT2D eigenvalue weighted by atomic mass is 9.69. The third kappa shape index (κ3) is 3.63. The molecule has 2 N–H and O–H groups in total. The zero-order chi connectivity index (χ0) is 20.5. The van der Waals surface area contributed by atoms with Crippen LogP contribution in [0.4, 0.5) is 0 Å². The van der Waals surface area contributed by atoms with E-state index >= 15 is 0 Å². The predicted octanol–water partition coefficient (Wildman–Crippen LogP) is 3.19. The lowest BCUT2D eigenvalue weighted by Gasteiger charge is -2.38. The Morgan fingerprint density at radius 1 is 1.32 bits per heavy atom. The van der Waals surface area contributed by atoms with Crippen LogP contribution >= 0.6 is 0 Å². The maximum Gasteiger partial charge on any atom is 0.162 e. The first-order chi connectivity index (χ1) is 13.3. The van der Waals surface area contributed by atoms with E-state index in [9.17, 15) is 10.1 Å². The van der Waals surface area contributed by atoms with Gasteiger partial charge in [-0.15, -0.1) is 0 Å². The number of nitrogens with one attached hydrogen (secondary N) is 1. The fraction of sp³-hybridized carbons (Fsp3) is 0.455. The van der Waals surface area contributed by atoms with Gasteiger partial charge in [-0.05, 0) is 36.5 Å². The zero-order valence-electron chi connectivity index (χ0n) is 16.8. The molecule has 1 aliphatic heterocycles. The highest BCUT2D eigenvalue weighted by atomic mass is 16.5. The van der Waals surface area contributed by atoms with Gasteiger partial charge in [0.25, 0.3) is 0 Å². The van der Waals surface area contributed by atoms with E-state index in [-0.39, 0.29) is 24.4 Å². The van der Waals surface area contributed by atoms with Gasteiger partial charge >= 0.3 is 0 Å². The third-order valence-corrected chi connectivity index (χ3v) is 5.23. The highest BCUT2D eigenvalue weighted by molar-refractivity contribution is 6.00. The van der Waals surface area contributed by atoms with Gasteiger partial charge in [-0.2, -0.15) is 5.26 Å². The molecule has 0 spiro atoms. The average molecular weight is 382 g/mol. The second-order valence-corrected chi connectivity index (χ2v) is 8.02. The number of Topliss-reactive ketones (excluding diaryl/α,β-unsaturated/α-hetero) is 1. The summed E-state index contributed by atoms with van der Waals surface area (Å²) < 4.78 is 10.9. The monoisotopic (exact) mass is 382 g/mol. The van der Waals surface area contributed by atoms with Gasteiger partial charge in [0.15, 0.2) is 17.3 Å². The van der Waals surface area contributed by atoms with Crippen LogP contribution in [0.3, 0.4) is 0 Å². The van der Waals surface area contributed by atoms with Gasteiger partial charge < -0.3 is 19.9 Å². The molecule has 0 unspecified atom stereocenters. The molecule has 2 aliphatic rings. The van der Waals surface area contributed by atoms with Crippen molar-refractivity contribution in [3.8, 4) is 17.6 Å². The van der Waals surface area contributed by atoms with Gasteiger partial charge in [-0.1, -0.05) is 19.9 Å². The molecule has 6 heteroatoms. The molecule has 1 heterocycles. The Labute approximate surface area is 165 Å². The van der Waals surface area contributed by atoms with Crippen LogP contribution in [0.2, 0.25) is 0 Å². The molecule has 0 radical (unpaired) electrons. The van der Waals surface area contributed by atoms with Crippen molar-refractivity contribution in [3.05, 3.63) is 46.3 Å². The molecular weight excluding hydrogens is 356 g/mol. The number of aliphatic hydroxyl groups excluding tert-OH is 1. The number of nitriles is 1. The summed E-state index contributed by atoms with van der Waals surface area (Å²) in [5.41, 5.74) is 3.59. The fourth-order valence-electron chi connectivity index (χ4n) is 4.06. The number of allylic oxidation sites excluding steroid dienone is 4. The van der Waals surface area contributed by atoms with Crippen molar-refractivity contribution in [2.75, 3.05) is 20.3 Å². The normalized spacial score (nSPS) is 21.0. The molecule has 1 aromatic carbocycles. The van der Waals surface area contributed by atoms with E-state index in [1.54, 1.807) is 13.2 Å². The van der Waals surface area contributed by atoms with Crippen molar-refractivity contribution in [2.24, 2.45) is 5.41 Å². The zero-order valence-corrected chi connectivity index (χ0v) is 16.8. The Kier molecular flexibility index (Phi) is 5.48. The molecular formula is C22H26N2O4. The Morgan fingerprint density at radius 3 is 2.71 bits per heavy atom. The van der Waals surface area contributed by atoms with E-state index in [0.29, 0.717) is 29.1 Å². The number of carbonyl (C=O) groups excluding carboxylic acids is 1. The van der Waals surface area contributed by atoms with E-state index in [0.717, 1.165) is 23.4 Å². The minimum atomic E-state index is -0.425. The van der Waals surface area contributed by atoms with E-state index in [1.165, 1.54) is 0 Å². The molecule has 0 saturated carbocycles. The number of nitrogens with zero attached hydrogens (tertiary/aromatic N) is 1. The number of hydrogen-bond donors (Lipinski definition) is 2. The van der Waals surface area contributed by atoms with Crippen molar-refractivity contribution in [1.82, 2.24) is 5.32 Å². The second-order valence-electron chi connectivity index (χ2n) is 8.02. The lowest BCUT2D eigenvalue weighted by Crippen LogP contribution is -2.36. The smallest absolute Gasteiger partial charge is 0.162 e. The SMILES string of the molecule is COc1cc([C@@H]2C(C#N)=C(C)NC3=C2C(=O)CC(C)(C)C3)ccc1OCCO. The van der Waals surface area contributed by atoms with Gasteiger partial charge in [0.05, 0.1) is 31.3 Å². The van der Waals surface area contributed by atoms with Crippen molar-refractivity contribution in [1.29, 1.82) is 5.26 Å². The van der Waals surface area contributed by atoms with Gasteiger partial charge in [0.1, 0.15) is 6.61 Å². The molecule has 0 saturated heterocycles. The number of methoxy groups -OCH3 is 1. The predicted molar refractivity (Wildman–Crippen MR) is 105 cm³/mol. The van der Waals surface area contributed by atoms with Crippen LogP contribution in [-0.4, -0.2) is 31.2 Å². The summed E-state index contributed by atoms with van der Waals surface area (Å²) in [5.74, 6) is 0.665. The molecule has 1 aromatic rings. The first kappa shape index (κ1) is 20.0. The topological polar surface area (TPSA) is 91.6 Å². The highest BCUT2D eigenvalue weighted by Gasteiger charge is 2.41. The van der Waals surface area contributed by atoms with Gasteiger partial charge in [0.2, 0.25) is 0 Å². The molecule has 6 nitrogen and oxygen atoms in total. The molecule has 3 rings (SSSR count). The number of benzene rings is 1. The Bertz CT molecular complexity index is 906. The van der Waals surface area contributed by atoms with Crippen molar-refractivity contribution in [3.63, 3.8) is 0 Å². The third-order valence-electron chi connectivity index (χ3n) is 5.23. The average Bonchev–Trinajstić information content (AvgIpc) is 2.64. The Balaban J connectivity index is 2.11. The van der Waals surface area contributed by atoms with Gasteiger partial charge in [0, 0.05) is 23.4 Å². The van der Waals surface area contributed by atoms with Crippen LogP contribution in [0, 0.1) is 16.7 Å². The largest absolute Gasteiger partial charge is 0.493 e. The molecule has 0 bridgehead atoms. The molecule has 1 aliphatic carbocycles. The van der Waals surface area contributed by atoms with E-state index < -0.39 is 5.92 Å². The van der Waals surface area contributed by atoms with Crippen molar-refractivity contribution >= 4 is 5.78 Å². The number of rotatable bonds is 5. The molecule has 28 heavy (non-hydrogen) atoms. The quantitative estimate of drug-likeness (QED) is 0.813. The van der Waals surface area contributed by atoms with Crippen LogP contribution in [0.1, 0.15) is 45.1 Å². The summed E-state index contributed by atoms with van der Waals surface area (Å²) in [6.45, 7) is 6.10. The second kappa shape index (κ2) is 7.69. The Morgan fingerprint density at radius 2 is 2.07 bits per heavy atom. The Hall–Kier alpha value is -2.78. The maximum absolute atomic E-state index is 13.0. The minimum absolute atomic E-state index is 0.0728. The summed E-state index contributed by atoms with van der Waals surface area (Å²) in [4.78, 5) is 13.0. The van der Waals surface area contributed by atoms with Crippen molar-refractivity contribution < 1.29 is 19.4 Å². The fourth-order valence-corrected chi connectivity index (χ4v) is 4.06. The first-order valence-corrected chi connectivity index (χ1v) is 9.37. The number of hydrogen-bond acceptors (Lipinski definition) is 6. The summed E-state index contributed by atoms with van der Waals surface area (Å²) in [5, 5.41) is 22.1. The minimum Gasteiger partial charge on any atom is -0.493 e. The van der Waals surface area contributed by atoms with Crippen LogP contribution < -0.4 is 14.8 Å². The molecule has 148 valence electrons. The number of aliphatic hydroxyl groups is 1. The summed E-state index contributed by atoms with van der Waals surface area (Å²) in [7, 11) is 1.54. The number of carbonyl (C=O) groups is 1. The van der Waals surface area contributed by atoms with Crippen LogP contribution in [-0.2, 0) is 4.79 Å². The van der Waals surface area contributed by atoms with Crippen LogP contribution in [0.5, 0.6) is 11.5 Å². The molecule has 0 aromatic heterocycles. The standard InChI is InChI=1S/C22H26N2O4/c1-13-15(12-23)20(21-16(24-13)10-22(2,3)11-17(21)26)14-5-6-18(28-8-7-25)19(9-14)27-4/h5-6,9,20,24-25H,7-8,10-11H2,1-4H3/t20-/m1/s1. The molecule has 0 fully saturated rings. The highest BCUT2D eigenvalue weighted by Crippen LogP contribution is 2.47. The first-order valence-electron chi connectivity index (χ1n) is 9.37. The van der Waals surface area contributed by atoms with Gasteiger partial charge in [-0.3, -0.25) is 4.79 Å². The number of ketones is 1. The van der Waals surface area contributed by atoms with Gasteiger partial charge in [-0.25, -0.2) is 0 Å². The molecule has 0 amide bonds. The summed E-state index contributed by atoms with van der Waals surface area (Å²) >= 11 is 0. The lowest BCUT2D eigenvalue weighted by molar-refractivity contribution is -0.118. The number of dihydropyridines is 1. The summed E-state index contributed by atoms with van der Waals surface area (Å²) in [6, 6.07) is 7.71. The van der Waals surface area contributed by atoms with Crippen LogP contribution in [0.25, 0.3) is 0 Å². The van der Waals surface area contributed by atoms with E-state index in [4.69, 9.17) is 14.6 Å². The van der Waals surface area contributed by atoms with E-state index in [2.05, 4.69) is 25.2 Å². The summed E-state index contributed by atoms with van der Waals surface area (Å²) in [6.07, 6.45) is 1.21. The van der Waals surface area contributed by atoms with E-state index in [1.807, 2.05) is 19.1 Å². The van der Waals surface area contributed by atoms with Crippen LogP contribution in [0.15, 0.2) is 40.7 Å². The van der Waals surface area contributed by atoms with Crippen molar-refractivity contribution in [2.45, 2.75) is 39.5 Å². The maximum atomic E-state index is 13.0. The number of ether oxygens (including phenoxy) is 2.